The third-order valence-corrected chi connectivity index (χ3v) is 17.0. The number of hydrogen-bond donors (Lipinski definition) is 0. The molecule has 0 N–H and O–H groups in total. The molecule has 12 rings (SSSR count). The topological polar surface area (TPSA) is 19.6 Å². The Morgan fingerprint density at radius 1 is 0.507 bits per heavy atom. The smallest absolute Gasteiger partial charge is 0.337 e. The fourth-order valence-electron chi connectivity index (χ4n) is 12.6. The summed E-state index contributed by atoms with van der Waals surface area (Å²) in [6.07, 6.45) is 4.62. The molecule has 0 radical (unpaired) electrons. The van der Waals surface area contributed by atoms with Gasteiger partial charge in [-0.3, -0.25) is 4.90 Å². The SMILES string of the molecule is Cc1cc2c(cc1N1c3cc(-c4ccccc4)cc4c3B(c3c1oc1cc5c(cc31)C(C)(C)CCC5(C)C)N(c1ccc(C(C)(C)C)cc1)c1cc3ccccc3cc1-4)C(C)(C)CCC2(C)C. The summed E-state index contributed by atoms with van der Waals surface area (Å²) in [5.41, 5.74) is 21.9. The van der Waals surface area contributed by atoms with E-state index in [9.17, 15) is 0 Å². The molecule has 4 aliphatic rings. The van der Waals surface area contributed by atoms with Crippen molar-refractivity contribution in [2.24, 2.45) is 0 Å². The monoisotopic (exact) mass is 877 g/mol. The van der Waals surface area contributed by atoms with Crippen LogP contribution in [0.3, 0.4) is 0 Å². The van der Waals surface area contributed by atoms with Crippen LogP contribution in [0, 0.1) is 6.92 Å². The second kappa shape index (κ2) is 14.0. The van der Waals surface area contributed by atoms with E-state index in [2.05, 4.69) is 220 Å². The van der Waals surface area contributed by atoms with Crippen molar-refractivity contribution in [2.45, 2.75) is 136 Å². The number of aryl methyl sites for hydroxylation is 1. The highest BCUT2D eigenvalue weighted by Gasteiger charge is 2.50. The van der Waals surface area contributed by atoms with Crippen LogP contribution in [0.2, 0.25) is 0 Å². The van der Waals surface area contributed by atoms with E-state index in [1.54, 1.807) is 0 Å². The van der Waals surface area contributed by atoms with Crippen molar-refractivity contribution in [2.75, 3.05) is 9.71 Å². The Morgan fingerprint density at radius 2 is 1.07 bits per heavy atom. The first kappa shape index (κ1) is 42.4. The Balaban J connectivity index is 1.25. The summed E-state index contributed by atoms with van der Waals surface area (Å²) in [6, 6.07) is 49.4. The van der Waals surface area contributed by atoms with E-state index in [4.69, 9.17) is 4.42 Å². The van der Waals surface area contributed by atoms with E-state index in [1.165, 1.54) is 112 Å². The number of nitrogens with zero attached hydrogens (tertiary/aromatic N) is 2. The van der Waals surface area contributed by atoms with Crippen molar-refractivity contribution in [3.63, 3.8) is 0 Å². The van der Waals surface area contributed by atoms with Gasteiger partial charge in [0.15, 0.2) is 0 Å². The van der Waals surface area contributed by atoms with Gasteiger partial charge < -0.3 is 9.23 Å². The van der Waals surface area contributed by atoms with Crippen molar-refractivity contribution < 1.29 is 4.42 Å². The molecule has 0 amide bonds. The first-order valence-electron chi connectivity index (χ1n) is 25.0. The van der Waals surface area contributed by atoms with Crippen LogP contribution in [-0.4, -0.2) is 6.85 Å². The van der Waals surface area contributed by atoms with Crippen LogP contribution in [0.25, 0.3) is 44.0 Å². The van der Waals surface area contributed by atoms with E-state index in [0.717, 1.165) is 30.7 Å². The predicted octanol–water partition coefficient (Wildman–Crippen LogP) is 16.3. The normalized spacial score (nSPS) is 18.3. The second-order valence-electron chi connectivity index (χ2n) is 24.4. The van der Waals surface area contributed by atoms with Gasteiger partial charge in [-0.15, -0.1) is 0 Å². The van der Waals surface area contributed by atoms with Crippen molar-refractivity contribution in [3.05, 3.63) is 161 Å². The number of benzene rings is 7. The average Bonchev–Trinajstić information content (AvgIpc) is 3.67. The van der Waals surface area contributed by atoms with Crippen LogP contribution in [0.5, 0.6) is 0 Å². The number of hydrogen-bond acceptors (Lipinski definition) is 3. The lowest BCUT2D eigenvalue weighted by Gasteiger charge is -2.46. The molecule has 0 saturated carbocycles. The summed E-state index contributed by atoms with van der Waals surface area (Å²) in [5, 5.41) is 3.70. The van der Waals surface area contributed by atoms with E-state index in [0.29, 0.717) is 0 Å². The Hall–Kier alpha value is -6.00. The van der Waals surface area contributed by atoms with Crippen LogP contribution < -0.4 is 20.6 Å². The summed E-state index contributed by atoms with van der Waals surface area (Å²) in [6.45, 7) is 28.6. The molecule has 7 aromatic carbocycles. The van der Waals surface area contributed by atoms with Crippen LogP contribution in [0.1, 0.15) is 135 Å². The highest BCUT2D eigenvalue weighted by molar-refractivity contribution is 6.95. The number of anilines is 5. The molecule has 4 heteroatoms. The Labute approximate surface area is 399 Å². The molecule has 2 aliphatic carbocycles. The highest BCUT2D eigenvalue weighted by Crippen LogP contribution is 2.55. The minimum atomic E-state index is -0.178. The summed E-state index contributed by atoms with van der Waals surface area (Å²) in [4.78, 5) is 5.24. The maximum Gasteiger partial charge on any atom is 0.337 e. The fraction of sp³-hybridized carbons (Fsp3) is 0.333. The average molecular weight is 877 g/mol. The van der Waals surface area contributed by atoms with Gasteiger partial charge in [0.2, 0.25) is 5.88 Å². The molecule has 0 bridgehead atoms. The van der Waals surface area contributed by atoms with Crippen LogP contribution in [-0.2, 0) is 27.1 Å². The second-order valence-corrected chi connectivity index (χ2v) is 24.4. The molecule has 0 unspecified atom stereocenters. The zero-order valence-electron chi connectivity index (χ0n) is 41.8. The molecule has 1 aromatic heterocycles. The van der Waals surface area contributed by atoms with Gasteiger partial charge in [-0.2, -0.15) is 0 Å². The summed E-state index contributed by atoms with van der Waals surface area (Å²) in [5.74, 6) is 0.929. The van der Waals surface area contributed by atoms with E-state index in [1.807, 2.05) is 0 Å². The lowest BCUT2D eigenvalue weighted by Crippen LogP contribution is -2.61. The molecular weight excluding hydrogens is 812 g/mol. The molecule has 67 heavy (non-hydrogen) atoms. The summed E-state index contributed by atoms with van der Waals surface area (Å²) in [7, 11) is 0. The third kappa shape index (κ3) is 6.30. The molecule has 0 fully saturated rings. The predicted molar refractivity (Wildman–Crippen MR) is 287 cm³/mol. The van der Waals surface area contributed by atoms with Crippen molar-refractivity contribution in [1.29, 1.82) is 0 Å². The van der Waals surface area contributed by atoms with Gasteiger partial charge in [-0.25, -0.2) is 0 Å². The lowest BCUT2D eigenvalue weighted by atomic mass is 9.43. The van der Waals surface area contributed by atoms with Crippen molar-refractivity contribution >= 4 is 68.1 Å². The fourth-order valence-corrected chi connectivity index (χ4v) is 12.6. The maximum atomic E-state index is 7.68. The van der Waals surface area contributed by atoms with Crippen LogP contribution >= 0.6 is 0 Å². The molecule has 3 nitrogen and oxygen atoms in total. The molecule has 2 aliphatic heterocycles. The summed E-state index contributed by atoms with van der Waals surface area (Å²) < 4.78 is 7.68. The van der Waals surface area contributed by atoms with E-state index in [-0.39, 0.29) is 33.9 Å². The number of furan rings is 1. The quantitative estimate of drug-likeness (QED) is 0.165. The highest BCUT2D eigenvalue weighted by atomic mass is 16.4. The molecule has 0 atom stereocenters. The Kier molecular flexibility index (Phi) is 8.87. The minimum absolute atomic E-state index is 0.0254. The van der Waals surface area contributed by atoms with E-state index >= 15 is 0 Å². The Bertz CT molecular complexity index is 3360. The molecule has 8 aromatic rings. The largest absolute Gasteiger partial charge is 0.440 e. The van der Waals surface area contributed by atoms with Gasteiger partial charge in [0.05, 0.1) is 5.69 Å². The first-order valence-corrected chi connectivity index (χ1v) is 25.0. The molecule has 0 spiro atoms. The first-order chi connectivity index (χ1) is 31.7. The number of fused-ring (bicyclic) bond motifs is 9. The Morgan fingerprint density at radius 3 is 1.70 bits per heavy atom. The van der Waals surface area contributed by atoms with Crippen LogP contribution in [0.4, 0.5) is 28.6 Å². The van der Waals surface area contributed by atoms with Gasteiger partial charge in [-0.05, 0) is 181 Å². The van der Waals surface area contributed by atoms with Crippen molar-refractivity contribution in [1.82, 2.24) is 0 Å². The van der Waals surface area contributed by atoms with Crippen LogP contribution in [0.15, 0.2) is 132 Å². The minimum Gasteiger partial charge on any atom is -0.440 e. The zero-order valence-corrected chi connectivity index (χ0v) is 41.8. The van der Waals surface area contributed by atoms with Gasteiger partial charge in [0, 0.05) is 33.5 Å². The van der Waals surface area contributed by atoms with Gasteiger partial charge >= 0.3 is 6.85 Å². The van der Waals surface area contributed by atoms with Crippen molar-refractivity contribution in [3.8, 4) is 22.3 Å². The van der Waals surface area contributed by atoms with E-state index < -0.39 is 0 Å². The van der Waals surface area contributed by atoms with Gasteiger partial charge in [-0.1, -0.05) is 149 Å². The molecular formula is C63H65BN2O. The molecule has 336 valence electrons. The summed E-state index contributed by atoms with van der Waals surface area (Å²) >= 11 is 0. The zero-order chi connectivity index (χ0) is 46.7. The van der Waals surface area contributed by atoms with Gasteiger partial charge in [0.25, 0.3) is 0 Å². The standard InChI is InChI=1S/C63H65BN2O/c1-38-30-48-50(62(9,10)28-26-60(48,5)6)36-52(38)65-54-34-42(39-18-14-13-15-19-39)32-46-45-31-40-20-16-17-21-41(40)33-53(45)66(44-24-22-43(23-25-44)59(2,3)4)64(56(46)54)57-47-35-49-51(37-55(47)67-58(57)65)63(11,12)29-27-61(49,7)8/h13-25,30-37H,26-29H2,1-12H3. The molecule has 3 heterocycles. The van der Waals surface area contributed by atoms with Gasteiger partial charge in [0.1, 0.15) is 5.58 Å². The maximum absolute atomic E-state index is 7.68. The molecule has 0 saturated heterocycles. The lowest BCUT2D eigenvalue weighted by molar-refractivity contribution is 0.332. The third-order valence-electron chi connectivity index (χ3n) is 17.0. The number of rotatable bonds is 3.